The van der Waals surface area contributed by atoms with Crippen molar-refractivity contribution in [2.45, 2.75) is 77.4 Å². The zero-order valence-electron chi connectivity index (χ0n) is 22.3. The normalized spacial score (nSPS) is 9.67. The summed E-state index contributed by atoms with van der Waals surface area (Å²) in [5.74, 6) is 0.965. The minimum atomic E-state index is -1.81. The molecule has 0 spiro atoms. The number of phenolic OH excluding ortho intramolecular Hbond substituents is 3. The minimum Gasteiger partial charge on any atom is -0.508 e. The molecule has 6 heteroatoms. The van der Waals surface area contributed by atoms with Crippen LogP contribution in [0.4, 0.5) is 0 Å². The van der Waals surface area contributed by atoms with Gasteiger partial charge in [-0.25, -0.2) is 0 Å². The van der Waals surface area contributed by atoms with Gasteiger partial charge in [0.15, 0.2) is 8.32 Å². The van der Waals surface area contributed by atoms with E-state index in [0.29, 0.717) is 17.2 Å². The Bertz CT molecular complexity index is 709. The molecule has 0 aliphatic carbocycles. The first-order valence-corrected chi connectivity index (χ1v) is 15.4. The zero-order chi connectivity index (χ0) is 26.2. The van der Waals surface area contributed by atoms with Crippen LogP contribution in [0.5, 0.6) is 17.2 Å². The van der Waals surface area contributed by atoms with Gasteiger partial charge in [0.1, 0.15) is 17.2 Å². The summed E-state index contributed by atoms with van der Waals surface area (Å²) in [6.07, 6.45) is 7.39. The van der Waals surface area contributed by atoms with E-state index in [-0.39, 0.29) is 26.2 Å². The van der Waals surface area contributed by atoms with Gasteiger partial charge in [0.25, 0.3) is 0 Å². The van der Waals surface area contributed by atoms with Gasteiger partial charge < -0.3 is 20.1 Å². The third-order valence-electron chi connectivity index (χ3n) is 5.26. The Labute approximate surface area is 239 Å². The van der Waals surface area contributed by atoms with Crippen molar-refractivity contribution < 1.29 is 46.3 Å². The molecule has 0 saturated heterocycles. The number of benzene rings is 3. The van der Waals surface area contributed by atoms with Crippen molar-refractivity contribution in [2.24, 2.45) is 0 Å². The van der Waals surface area contributed by atoms with Crippen LogP contribution in [0.3, 0.4) is 0 Å². The van der Waals surface area contributed by atoms with Crippen LogP contribution in [-0.4, -0.2) is 28.4 Å². The molecule has 36 heavy (non-hydrogen) atoms. The van der Waals surface area contributed by atoms with Crippen LogP contribution in [0.25, 0.3) is 0 Å². The van der Waals surface area contributed by atoms with E-state index in [0.717, 1.165) is 18.1 Å². The van der Waals surface area contributed by atoms with Crippen LogP contribution >= 0.6 is 0 Å². The third-order valence-corrected chi connectivity index (χ3v) is 9.11. The summed E-state index contributed by atoms with van der Waals surface area (Å²) < 4.78 is 0. The predicted molar refractivity (Wildman–Crippen MR) is 151 cm³/mol. The fourth-order valence-electron chi connectivity index (χ4n) is 3.18. The number of phenols is 3. The maximum atomic E-state index is 10.5. The van der Waals surface area contributed by atoms with Crippen molar-refractivity contribution in [2.75, 3.05) is 0 Å². The minimum absolute atomic E-state index is 0. The number of rotatable bonds is 9. The number of unbranched alkanes of at least 4 members (excludes halogenated alkanes) is 3. The van der Waals surface area contributed by atoms with Crippen LogP contribution < -0.4 is 0 Å². The SMILES string of the molecule is CCCC[Si](O)(CCCC)CCCC.Oc1ccccc1.Oc1ccccc1.Oc1ccccc1.[Zr]. The molecule has 0 aliphatic heterocycles. The van der Waals surface area contributed by atoms with Crippen molar-refractivity contribution >= 4 is 8.32 Å². The van der Waals surface area contributed by atoms with E-state index in [1.807, 2.05) is 18.2 Å². The smallest absolute Gasteiger partial charge is 0.188 e. The molecule has 3 aromatic carbocycles. The Morgan fingerprint density at radius 3 is 0.833 bits per heavy atom. The summed E-state index contributed by atoms with van der Waals surface area (Å²) in [5, 5.41) is 25.9. The van der Waals surface area contributed by atoms with Gasteiger partial charge in [-0.05, 0) is 54.5 Å². The Morgan fingerprint density at radius 1 is 0.472 bits per heavy atom. The fraction of sp³-hybridized carbons (Fsp3) is 0.400. The molecule has 0 radical (unpaired) electrons. The second kappa shape index (κ2) is 24.8. The maximum absolute atomic E-state index is 10.5. The summed E-state index contributed by atoms with van der Waals surface area (Å²) in [7, 11) is -1.81. The number of aromatic hydroxyl groups is 3. The fourth-order valence-corrected chi connectivity index (χ4v) is 6.96. The molecule has 4 N–H and O–H groups in total. The van der Waals surface area contributed by atoms with E-state index in [4.69, 9.17) is 15.3 Å². The number of hydrogen-bond donors (Lipinski definition) is 4. The maximum Gasteiger partial charge on any atom is 0.188 e. The van der Waals surface area contributed by atoms with Crippen molar-refractivity contribution in [3.05, 3.63) is 91.0 Å². The third kappa shape index (κ3) is 22.6. The van der Waals surface area contributed by atoms with Gasteiger partial charge in [-0.1, -0.05) is 114 Å². The van der Waals surface area contributed by atoms with Crippen molar-refractivity contribution in [3.8, 4) is 17.2 Å². The summed E-state index contributed by atoms with van der Waals surface area (Å²) in [4.78, 5) is 10.5. The summed E-state index contributed by atoms with van der Waals surface area (Å²) in [5.41, 5.74) is 0. The summed E-state index contributed by atoms with van der Waals surface area (Å²) in [6.45, 7) is 6.65. The van der Waals surface area contributed by atoms with E-state index >= 15 is 0 Å². The molecule has 3 aromatic rings. The number of para-hydroxylation sites is 3. The van der Waals surface area contributed by atoms with E-state index in [1.165, 1.54) is 38.5 Å². The van der Waals surface area contributed by atoms with Crippen molar-refractivity contribution in [1.82, 2.24) is 0 Å². The van der Waals surface area contributed by atoms with Crippen LogP contribution in [0.1, 0.15) is 59.3 Å². The van der Waals surface area contributed by atoms with Gasteiger partial charge >= 0.3 is 0 Å². The monoisotopic (exact) mass is 588 g/mol. The molecule has 0 aliphatic rings. The van der Waals surface area contributed by atoms with E-state index in [9.17, 15) is 4.80 Å². The Morgan fingerprint density at radius 2 is 0.694 bits per heavy atom. The molecule has 0 atom stereocenters. The van der Waals surface area contributed by atoms with Gasteiger partial charge in [-0.3, -0.25) is 0 Å². The largest absolute Gasteiger partial charge is 0.508 e. The Kier molecular flexibility index (Phi) is 25.0. The first-order chi connectivity index (χ1) is 16.9. The molecular weight excluding hydrogens is 544 g/mol. The molecule has 0 amide bonds. The predicted octanol–water partition coefficient (Wildman–Crippen LogP) is 8.50. The molecule has 0 saturated carbocycles. The van der Waals surface area contributed by atoms with Gasteiger partial charge in [-0.2, -0.15) is 0 Å². The summed E-state index contributed by atoms with van der Waals surface area (Å²) in [6, 6.07) is 29.6. The molecular formula is C30H46O4SiZr. The van der Waals surface area contributed by atoms with Crippen LogP contribution in [0.2, 0.25) is 18.1 Å². The standard InChI is InChI=1S/C12H28OSi.3C6H6O.Zr/c1-4-7-10-14(13,11-8-5-2)12-9-6-3;3*7-6-4-2-1-3-5-6;/h13H,4-12H2,1-3H3;3*1-5,7H;. The molecule has 3 rings (SSSR count). The van der Waals surface area contributed by atoms with E-state index in [1.54, 1.807) is 72.8 Å². The molecule has 0 unspecified atom stereocenters. The first-order valence-electron chi connectivity index (χ1n) is 12.8. The van der Waals surface area contributed by atoms with Crippen molar-refractivity contribution in [1.29, 1.82) is 0 Å². The van der Waals surface area contributed by atoms with Crippen LogP contribution in [0, 0.1) is 0 Å². The number of hydrogen-bond acceptors (Lipinski definition) is 4. The van der Waals surface area contributed by atoms with E-state index < -0.39 is 8.32 Å². The second-order valence-electron chi connectivity index (χ2n) is 8.54. The van der Waals surface area contributed by atoms with Gasteiger partial charge in [0, 0.05) is 26.2 Å². The first kappa shape index (κ1) is 36.3. The van der Waals surface area contributed by atoms with Crippen molar-refractivity contribution in [3.63, 3.8) is 0 Å². The van der Waals surface area contributed by atoms with E-state index in [2.05, 4.69) is 20.8 Å². The topological polar surface area (TPSA) is 80.9 Å². The molecule has 198 valence electrons. The quantitative estimate of drug-likeness (QED) is 0.189. The van der Waals surface area contributed by atoms with Gasteiger partial charge in [0.05, 0.1) is 0 Å². The zero-order valence-corrected chi connectivity index (χ0v) is 25.8. The molecule has 0 fully saturated rings. The molecule has 0 aromatic heterocycles. The molecule has 0 heterocycles. The van der Waals surface area contributed by atoms with Gasteiger partial charge in [0.2, 0.25) is 0 Å². The van der Waals surface area contributed by atoms with Crippen LogP contribution in [0.15, 0.2) is 91.0 Å². The van der Waals surface area contributed by atoms with Gasteiger partial charge in [-0.15, -0.1) is 0 Å². The summed E-state index contributed by atoms with van der Waals surface area (Å²) >= 11 is 0. The Hall–Kier alpha value is -1.88. The Balaban J connectivity index is 0. The second-order valence-corrected chi connectivity index (χ2v) is 12.5. The van der Waals surface area contributed by atoms with Crippen LogP contribution in [-0.2, 0) is 26.2 Å². The molecule has 4 nitrogen and oxygen atoms in total. The average molecular weight is 590 g/mol. The molecule has 0 bridgehead atoms. The average Bonchev–Trinajstić information content (AvgIpc) is 2.88.